The Hall–Kier alpha value is -2.73. The summed E-state index contributed by atoms with van der Waals surface area (Å²) in [7, 11) is 1.51. The highest BCUT2D eigenvalue weighted by atomic mass is 35.5. The topological polar surface area (TPSA) is 64.4 Å². The van der Waals surface area contributed by atoms with E-state index in [2.05, 4.69) is 10.3 Å². The molecule has 0 atom stereocenters. The minimum absolute atomic E-state index is 0.338. The summed E-state index contributed by atoms with van der Waals surface area (Å²) in [5, 5.41) is 4.07. The molecule has 0 aliphatic rings. The lowest BCUT2D eigenvalue weighted by Gasteiger charge is -2.10. The number of carbonyl (C=O) groups is 1. The molecule has 1 amide bonds. The number of ether oxygens (including phenoxy) is 1. The van der Waals surface area contributed by atoms with Crippen LogP contribution in [0.4, 0.5) is 5.69 Å². The average molecular weight is 448 g/mol. The van der Waals surface area contributed by atoms with Crippen LogP contribution in [0.15, 0.2) is 59.0 Å². The zero-order chi connectivity index (χ0) is 20.5. The van der Waals surface area contributed by atoms with Crippen LogP contribution in [-0.4, -0.2) is 18.0 Å². The van der Waals surface area contributed by atoms with Crippen molar-refractivity contribution in [2.45, 2.75) is 0 Å². The van der Waals surface area contributed by atoms with Crippen LogP contribution in [0.25, 0.3) is 22.6 Å². The number of oxazole rings is 1. The molecule has 0 bridgehead atoms. The number of carbonyl (C=O) groups excluding carboxylic acids is 1. The number of amides is 1. The molecule has 1 aromatic heterocycles. The van der Waals surface area contributed by atoms with Crippen molar-refractivity contribution in [1.82, 2.24) is 4.98 Å². The molecule has 1 heterocycles. The number of hydrogen-bond acceptors (Lipinski definition) is 4. The van der Waals surface area contributed by atoms with Gasteiger partial charge in [0.2, 0.25) is 5.89 Å². The van der Waals surface area contributed by atoms with E-state index in [1.807, 2.05) is 0 Å². The minimum atomic E-state index is -0.363. The molecule has 3 aromatic carbocycles. The Morgan fingerprint density at radius 1 is 1.00 bits per heavy atom. The summed E-state index contributed by atoms with van der Waals surface area (Å²) in [5.41, 5.74) is 2.69. The molecule has 0 fully saturated rings. The van der Waals surface area contributed by atoms with Crippen LogP contribution >= 0.6 is 34.8 Å². The van der Waals surface area contributed by atoms with E-state index in [-0.39, 0.29) is 5.91 Å². The van der Waals surface area contributed by atoms with Gasteiger partial charge in [-0.2, -0.15) is 0 Å². The van der Waals surface area contributed by atoms with Gasteiger partial charge in [-0.1, -0.05) is 34.8 Å². The van der Waals surface area contributed by atoms with Crippen LogP contribution in [0.1, 0.15) is 10.4 Å². The third-order valence-electron chi connectivity index (χ3n) is 4.23. The Morgan fingerprint density at radius 2 is 1.83 bits per heavy atom. The first-order valence-electron chi connectivity index (χ1n) is 8.45. The van der Waals surface area contributed by atoms with E-state index >= 15 is 0 Å². The van der Waals surface area contributed by atoms with Crippen LogP contribution in [0.2, 0.25) is 15.1 Å². The number of methoxy groups -OCH3 is 1. The molecule has 0 spiro atoms. The highest BCUT2D eigenvalue weighted by Crippen LogP contribution is 2.32. The van der Waals surface area contributed by atoms with E-state index in [4.69, 9.17) is 44.0 Å². The third-order valence-corrected chi connectivity index (χ3v) is 5.09. The van der Waals surface area contributed by atoms with Gasteiger partial charge in [0.1, 0.15) is 11.3 Å². The maximum atomic E-state index is 12.6. The monoisotopic (exact) mass is 446 g/mol. The Morgan fingerprint density at radius 3 is 2.59 bits per heavy atom. The number of halogens is 3. The van der Waals surface area contributed by atoms with Crippen molar-refractivity contribution >= 4 is 57.5 Å². The van der Waals surface area contributed by atoms with Gasteiger partial charge >= 0.3 is 0 Å². The molecular weight excluding hydrogens is 435 g/mol. The van der Waals surface area contributed by atoms with Crippen LogP contribution in [0, 0.1) is 0 Å². The molecule has 4 rings (SSSR count). The van der Waals surface area contributed by atoms with Crippen molar-refractivity contribution in [2.75, 3.05) is 12.4 Å². The summed E-state index contributed by atoms with van der Waals surface area (Å²) < 4.78 is 10.9. The fraction of sp³-hybridized carbons (Fsp3) is 0.0476. The van der Waals surface area contributed by atoms with Gasteiger partial charge in [-0.15, -0.1) is 0 Å². The Labute approximate surface area is 181 Å². The molecule has 4 aromatic rings. The fourth-order valence-corrected chi connectivity index (χ4v) is 3.37. The summed E-state index contributed by atoms with van der Waals surface area (Å²) >= 11 is 18.4. The first-order valence-corrected chi connectivity index (χ1v) is 9.59. The largest absolute Gasteiger partial charge is 0.495 e. The number of nitrogens with one attached hydrogen (secondary N) is 1. The summed E-state index contributed by atoms with van der Waals surface area (Å²) in [6, 6.07) is 15.1. The lowest BCUT2D eigenvalue weighted by molar-refractivity contribution is 0.102. The van der Waals surface area contributed by atoms with E-state index in [1.54, 1.807) is 48.5 Å². The maximum Gasteiger partial charge on any atom is 0.255 e. The Bertz CT molecular complexity index is 1240. The fourth-order valence-electron chi connectivity index (χ4n) is 2.78. The molecule has 5 nitrogen and oxygen atoms in total. The first-order chi connectivity index (χ1) is 13.9. The molecule has 1 N–H and O–H groups in total. The molecule has 146 valence electrons. The summed E-state index contributed by atoms with van der Waals surface area (Å²) in [5.74, 6) is 0.513. The number of anilines is 1. The van der Waals surface area contributed by atoms with Gasteiger partial charge in [0, 0.05) is 16.1 Å². The zero-order valence-corrected chi connectivity index (χ0v) is 17.3. The van der Waals surface area contributed by atoms with Crippen LogP contribution in [0.5, 0.6) is 5.75 Å². The smallest absolute Gasteiger partial charge is 0.255 e. The van der Waals surface area contributed by atoms with Crippen molar-refractivity contribution in [3.8, 4) is 17.2 Å². The van der Waals surface area contributed by atoms with Gasteiger partial charge in [0.25, 0.3) is 5.91 Å². The van der Waals surface area contributed by atoms with Crippen molar-refractivity contribution in [3.05, 3.63) is 75.2 Å². The summed E-state index contributed by atoms with van der Waals surface area (Å²) in [6.07, 6.45) is 0. The second-order valence-electron chi connectivity index (χ2n) is 6.13. The molecule has 0 unspecified atom stereocenters. The van der Waals surface area contributed by atoms with E-state index in [0.29, 0.717) is 54.6 Å². The molecular formula is C21H13Cl3N2O3. The van der Waals surface area contributed by atoms with Crippen LogP contribution in [0.3, 0.4) is 0 Å². The highest BCUT2D eigenvalue weighted by Gasteiger charge is 2.14. The summed E-state index contributed by atoms with van der Waals surface area (Å²) in [6.45, 7) is 0. The van der Waals surface area contributed by atoms with Crippen molar-refractivity contribution < 1.29 is 13.9 Å². The predicted octanol–water partition coefficient (Wildman–Crippen LogP) is 6.72. The van der Waals surface area contributed by atoms with Crippen molar-refractivity contribution in [3.63, 3.8) is 0 Å². The quantitative estimate of drug-likeness (QED) is 0.377. The normalized spacial score (nSPS) is 10.9. The van der Waals surface area contributed by atoms with Crippen molar-refractivity contribution in [2.24, 2.45) is 0 Å². The summed E-state index contributed by atoms with van der Waals surface area (Å²) in [4.78, 5) is 17.1. The number of aromatic nitrogens is 1. The zero-order valence-electron chi connectivity index (χ0n) is 15.0. The molecule has 29 heavy (non-hydrogen) atoms. The van der Waals surface area contributed by atoms with Gasteiger partial charge < -0.3 is 14.5 Å². The first kappa shape index (κ1) is 19.6. The van der Waals surface area contributed by atoms with Gasteiger partial charge in [-0.3, -0.25) is 4.79 Å². The molecule has 0 saturated carbocycles. The van der Waals surface area contributed by atoms with Gasteiger partial charge in [0.15, 0.2) is 5.58 Å². The number of benzene rings is 3. The second-order valence-corrected chi connectivity index (χ2v) is 7.38. The Kier molecular flexibility index (Phi) is 5.37. The standard InChI is InChI=1S/C21H13Cl3N2O3/c1-28-18-6-3-11(8-15(18)24)20(27)25-16-9-12(2-5-14(16)23)21-26-17-10-13(22)4-7-19(17)29-21/h2-10H,1H3,(H,25,27). The van der Waals surface area contributed by atoms with Crippen LogP contribution in [-0.2, 0) is 0 Å². The highest BCUT2D eigenvalue weighted by molar-refractivity contribution is 6.34. The molecule has 8 heteroatoms. The number of fused-ring (bicyclic) bond motifs is 1. The second kappa shape index (κ2) is 7.95. The van der Waals surface area contributed by atoms with E-state index < -0.39 is 0 Å². The lowest BCUT2D eigenvalue weighted by Crippen LogP contribution is -2.12. The van der Waals surface area contributed by atoms with Crippen molar-refractivity contribution in [1.29, 1.82) is 0 Å². The van der Waals surface area contributed by atoms with Gasteiger partial charge in [-0.05, 0) is 54.6 Å². The number of nitrogens with zero attached hydrogens (tertiary/aromatic N) is 1. The molecule has 0 aliphatic heterocycles. The third kappa shape index (κ3) is 4.03. The number of rotatable bonds is 4. The molecule has 0 aliphatic carbocycles. The lowest BCUT2D eigenvalue weighted by atomic mass is 10.1. The van der Waals surface area contributed by atoms with E-state index in [9.17, 15) is 4.79 Å². The van der Waals surface area contributed by atoms with Crippen LogP contribution < -0.4 is 10.1 Å². The number of hydrogen-bond donors (Lipinski definition) is 1. The molecule has 0 saturated heterocycles. The SMILES string of the molecule is COc1ccc(C(=O)Nc2cc(-c3nc4cc(Cl)ccc4o3)ccc2Cl)cc1Cl. The van der Waals surface area contributed by atoms with Gasteiger partial charge in [-0.25, -0.2) is 4.98 Å². The van der Waals surface area contributed by atoms with E-state index in [1.165, 1.54) is 13.2 Å². The molecule has 0 radical (unpaired) electrons. The van der Waals surface area contributed by atoms with E-state index in [0.717, 1.165) is 0 Å². The maximum absolute atomic E-state index is 12.6. The predicted molar refractivity (Wildman–Crippen MR) is 115 cm³/mol. The van der Waals surface area contributed by atoms with Gasteiger partial charge in [0.05, 0.1) is 22.8 Å². The minimum Gasteiger partial charge on any atom is -0.495 e. The average Bonchev–Trinajstić information content (AvgIpc) is 3.12. The Balaban J connectivity index is 1.64.